The molecule has 0 aliphatic heterocycles. The molecule has 262 valence electrons. The molecule has 10 aromatic rings. The predicted octanol–water partition coefficient (Wildman–Crippen LogP) is 15.1. The fourth-order valence-corrected chi connectivity index (χ4v) is 8.01. The summed E-state index contributed by atoms with van der Waals surface area (Å²) in [5.41, 5.74) is 17.3. The van der Waals surface area contributed by atoms with Crippen molar-refractivity contribution in [2.24, 2.45) is 0 Å². The van der Waals surface area contributed by atoms with E-state index in [4.69, 9.17) is 4.98 Å². The van der Waals surface area contributed by atoms with Gasteiger partial charge in [0.2, 0.25) is 0 Å². The van der Waals surface area contributed by atoms with Crippen LogP contribution in [0.2, 0.25) is 0 Å². The second-order valence-electron chi connectivity index (χ2n) is 14.4. The number of nitrogens with zero attached hydrogens (tertiary/aromatic N) is 1. The Balaban J connectivity index is 1.07. The van der Waals surface area contributed by atoms with Gasteiger partial charge in [0.1, 0.15) is 0 Å². The molecule has 0 aliphatic rings. The summed E-state index contributed by atoms with van der Waals surface area (Å²) in [5, 5.41) is 3.61. The van der Waals surface area contributed by atoms with E-state index in [1.165, 1.54) is 72.0 Å². The molecule has 9 aromatic carbocycles. The highest BCUT2D eigenvalue weighted by Gasteiger charge is 2.15. The van der Waals surface area contributed by atoms with Gasteiger partial charge in [-0.2, -0.15) is 0 Å². The highest BCUT2D eigenvalue weighted by Crippen LogP contribution is 2.39. The minimum absolute atomic E-state index is 0.953. The van der Waals surface area contributed by atoms with Crippen molar-refractivity contribution in [1.82, 2.24) is 4.98 Å². The number of fused-ring (bicyclic) bond motifs is 2. The van der Waals surface area contributed by atoms with Crippen molar-refractivity contribution >= 4 is 21.7 Å². The van der Waals surface area contributed by atoms with E-state index in [-0.39, 0.29) is 0 Å². The molecule has 56 heavy (non-hydrogen) atoms. The van der Waals surface area contributed by atoms with E-state index in [1.54, 1.807) is 0 Å². The number of hydrogen-bond donors (Lipinski definition) is 0. The van der Waals surface area contributed by atoms with Crippen molar-refractivity contribution in [3.05, 3.63) is 224 Å². The Morgan fingerprint density at radius 1 is 0.232 bits per heavy atom. The number of hydrogen-bond acceptors (Lipinski definition) is 1. The summed E-state index contributed by atoms with van der Waals surface area (Å²) in [6.07, 6.45) is 0. The topological polar surface area (TPSA) is 12.9 Å². The summed E-state index contributed by atoms with van der Waals surface area (Å²) in [6.45, 7) is 0. The lowest BCUT2D eigenvalue weighted by atomic mass is 9.90. The Labute approximate surface area is 327 Å². The van der Waals surface area contributed by atoms with E-state index >= 15 is 0 Å². The molecule has 0 saturated carbocycles. The molecule has 0 radical (unpaired) electrons. The van der Waals surface area contributed by atoms with E-state index in [1.807, 2.05) is 0 Å². The van der Waals surface area contributed by atoms with Gasteiger partial charge in [-0.3, -0.25) is 0 Å². The summed E-state index contributed by atoms with van der Waals surface area (Å²) in [6, 6.07) is 80.8. The monoisotopic (exact) mass is 711 g/mol. The molecule has 0 N–H and O–H groups in total. The van der Waals surface area contributed by atoms with E-state index in [2.05, 4.69) is 224 Å². The van der Waals surface area contributed by atoms with Crippen LogP contribution in [-0.2, 0) is 0 Å². The first-order chi connectivity index (χ1) is 27.7. The lowest BCUT2D eigenvalue weighted by molar-refractivity contribution is 1.40. The minimum atomic E-state index is 0.953. The van der Waals surface area contributed by atoms with Crippen LogP contribution in [-0.4, -0.2) is 4.98 Å². The van der Waals surface area contributed by atoms with E-state index < -0.39 is 0 Å². The smallest absolute Gasteiger partial charge is 0.0716 e. The minimum Gasteiger partial charge on any atom is -0.248 e. The normalized spacial score (nSPS) is 11.2. The molecular formula is C55H37N. The highest BCUT2D eigenvalue weighted by molar-refractivity contribution is 6.04. The quantitative estimate of drug-likeness (QED) is 0.160. The first kappa shape index (κ1) is 33.2. The predicted molar refractivity (Wildman–Crippen MR) is 237 cm³/mol. The summed E-state index contributed by atoms with van der Waals surface area (Å²) < 4.78 is 0. The molecule has 0 bridgehead atoms. The van der Waals surface area contributed by atoms with Crippen LogP contribution in [0.3, 0.4) is 0 Å². The lowest BCUT2D eigenvalue weighted by Gasteiger charge is -2.15. The third kappa shape index (κ3) is 6.46. The maximum atomic E-state index is 5.25. The third-order valence-electron chi connectivity index (χ3n) is 10.8. The van der Waals surface area contributed by atoms with Gasteiger partial charge < -0.3 is 0 Å². The fraction of sp³-hybridized carbons (Fsp3) is 0. The van der Waals surface area contributed by atoms with Crippen LogP contribution in [0.5, 0.6) is 0 Å². The summed E-state index contributed by atoms with van der Waals surface area (Å²) in [5.74, 6) is 0. The molecule has 0 amide bonds. The molecular weight excluding hydrogens is 675 g/mol. The number of pyridine rings is 1. The zero-order valence-corrected chi connectivity index (χ0v) is 30.8. The Morgan fingerprint density at radius 3 is 1.30 bits per heavy atom. The van der Waals surface area contributed by atoms with Crippen molar-refractivity contribution in [3.63, 3.8) is 0 Å². The molecule has 1 nitrogen and oxygen atoms in total. The lowest BCUT2D eigenvalue weighted by Crippen LogP contribution is -1.92. The molecule has 1 heteroatoms. The average Bonchev–Trinajstić information content (AvgIpc) is 3.29. The molecule has 0 spiro atoms. The zero-order valence-electron chi connectivity index (χ0n) is 30.8. The van der Waals surface area contributed by atoms with Crippen molar-refractivity contribution in [3.8, 4) is 78.0 Å². The number of para-hydroxylation sites is 1. The molecule has 0 aliphatic carbocycles. The average molecular weight is 712 g/mol. The SMILES string of the molecule is c1ccc(-c2cc(-c3ccccc3)cc(-c3cccc(-c4cccc(-c5cc(-c6cc(-c7ccccc7)c7ccccc7c6)c6ccccc6n5)c4)c3)c2)cc1. The van der Waals surface area contributed by atoms with Crippen molar-refractivity contribution in [2.45, 2.75) is 0 Å². The van der Waals surface area contributed by atoms with Gasteiger partial charge in [-0.05, 0) is 132 Å². The summed E-state index contributed by atoms with van der Waals surface area (Å²) >= 11 is 0. The summed E-state index contributed by atoms with van der Waals surface area (Å²) in [7, 11) is 0. The van der Waals surface area contributed by atoms with Gasteiger partial charge in [0.15, 0.2) is 0 Å². The molecule has 0 saturated heterocycles. The van der Waals surface area contributed by atoms with Gasteiger partial charge in [0, 0.05) is 10.9 Å². The maximum absolute atomic E-state index is 5.25. The molecule has 0 unspecified atom stereocenters. The van der Waals surface area contributed by atoms with Crippen LogP contribution in [0.15, 0.2) is 224 Å². The Morgan fingerprint density at radius 2 is 0.661 bits per heavy atom. The number of aromatic nitrogens is 1. The van der Waals surface area contributed by atoms with Crippen molar-refractivity contribution in [2.75, 3.05) is 0 Å². The van der Waals surface area contributed by atoms with Gasteiger partial charge >= 0.3 is 0 Å². The summed E-state index contributed by atoms with van der Waals surface area (Å²) in [4.78, 5) is 5.25. The molecule has 1 heterocycles. The molecule has 10 rings (SSSR count). The van der Waals surface area contributed by atoms with Gasteiger partial charge in [0.25, 0.3) is 0 Å². The second-order valence-corrected chi connectivity index (χ2v) is 14.4. The highest BCUT2D eigenvalue weighted by atomic mass is 14.7. The first-order valence-corrected chi connectivity index (χ1v) is 19.2. The van der Waals surface area contributed by atoms with Crippen LogP contribution in [0.4, 0.5) is 0 Å². The van der Waals surface area contributed by atoms with E-state index in [0.29, 0.717) is 0 Å². The van der Waals surface area contributed by atoms with Crippen molar-refractivity contribution in [1.29, 1.82) is 0 Å². The Bertz CT molecular complexity index is 2940. The van der Waals surface area contributed by atoms with Crippen LogP contribution in [0.1, 0.15) is 0 Å². The first-order valence-electron chi connectivity index (χ1n) is 19.2. The molecule has 1 aromatic heterocycles. The number of benzene rings is 9. The zero-order chi connectivity index (χ0) is 37.3. The van der Waals surface area contributed by atoms with Gasteiger partial charge in [-0.25, -0.2) is 4.98 Å². The van der Waals surface area contributed by atoms with Crippen LogP contribution < -0.4 is 0 Å². The van der Waals surface area contributed by atoms with Gasteiger partial charge in [-0.1, -0.05) is 170 Å². The van der Waals surface area contributed by atoms with Crippen molar-refractivity contribution < 1.29 is 0 Å². The largest absolute Gasteiger partial charge is 0.248 e. The van der Waals surface area contributed by atoms with Crippen LogP contribution >= 0.6 is 0 Å². The van der Waals surface area contributed by atoms with E-state index in [9.17, 15) is 0 Å². The van der Waals surface area contributed by atoms with E-state index in [0.717, 1.165) is 27.7 Å². The van der Waals surface area contributed by atoms with Gasteiger partial charge in [0.05, 0.1) is 11.2 Å². The fourth-order valence-electron chi connectivity index (χ4n) is 8.01. The third-order valence-corrected chi connectivity index (χ3v) is 10.8. The van der Waals surface area contributed by atoms with Crippen LogP contribution in [0.25, 0.3) is 99.7 Å². The second kappa shape index (κ2) is 14.5. The standard InChI is InChI=1S/C55H37N/c1-4-16-38(17-5-1)46-33-47(39-18-6-2-7-19-39)35-48(34-46)43-25-14-23-41(30-43)42-24-15-26-45(31-42)55-37-53(51-28-12-13-29-54(51)56-55)49-32-44-22-10-11-27-50(44)52(36-49)40-20-8-3-9-21-40/h1-37H. The maximum Gasteiger partial charge on any atom is 0.0716 e. The van der Waals surface area contributed by atoms with Crippen LogP contribution in [0, 0.1) is 0 Å². The Kier molecular flexibility index (Phi) is 8.59. The Hall–Kier alpha value is -7.35. The molecule has 0 atom stereocenters. The molecule has 0 fully saturated rings. The van der Waals surface area contributed by atoms with Gasteiger partial charge in [-0.15, -0.1) is 0 Å². The number of rotatable bonds is 7.